The Morgan fingerprint density at radius 3 is 1.12 bits per heavy atom. The van der Waals surface area contributed by atoms with Gasteiger partial charge in [0.15, 0.2) is 0 Å². The van der Waals surface area contributed by atoms with Crippen molar-refractivity contribution in [2.45, 2.75) is 27.7 Å². The quantitative estimate of drug-likeness (QED) is 0.0530. The van der Waals surface area contributed by atoms with Crippen molar-refractivity contribution in [2.75, 3.05) is 21.3 Å². The van der Waals surface area contributed by atoms with Gasteiger partial charge in [-0.3, -0.25) is 5.43 Å². The highest BCUT2D eigenvalue weighted by Crippen LogP contribution is 2.16. The summed E-state index contributed by atoms with van der Waals surface area (Å²) in [6, 6.07) is 27.8. The molecule has 0 fully saturated rings. The van der Waals surface area contributed by atoms with Crippen molar-refractivity contribution in [3.05, 3.63) is 132 Å². The van der Waals surface area contributed by atoms with Crippen molar-refractivity contribution in [1.29, 1.82) is 0 Å². The van der Waals surface area contributed by atoms with Crippen LogP contribution >= 0.6 is 0 Å². The molecule has 0 unspecified atom stereocenters. The number of carbonyl (C=O) groups is 2. The molecule has 0 atom stereocenters. The van der Waals surface area contributed by atoms with E-state index < -0.39 is 6.03 Å². The predicted molar refractivity (Wildman–Crippen MR) is 244 cm³/mol. The third-order valence-electron chi connectivity index (χ3n) is 7.51. The average Bonchev–Trinajstić information content (AvgIpc) is 3.21. The van der Waals surface area contributed by atoms with Crippen molar-refractivity contribution in [3.63, 3.8) is 0 Å². The Morgan fingerprint density at radius 2 is 0.767 bits per heavy atom. The van der Waals surface area contributed by atoms with Crippen LogP contribution in [0.4, 0.5) is 32.3 Å². The van der Waals surface area contributed by atoms with Crippen molar-refractivity contribution < 1.29 is 9.59 Å². The molecular formula is C39H49N19O2. The minimum atomic E-state index is -0.397. The number of benzene rings is 4. The summed E-state index contributed by atoms with van der Waals surface area (Å²) in [5, 5.41) is 37.8. The number of guanidine groups is 3. The van der Waals surface area contributed by atoms with Gasteiger partial charge in [0.05, 0.1) is 22.8 Å². The number of hydrazone groups is 1. The average molecular weight is 816 g/mol. The maximum atomic E-state index is 12.4. The molecule has 0 aliphatic heterocycles. The Bertz CT molecular complexity index is 2270. The molecule has 0 heterocycles. The number of nitrogens with zero attached hydrogens (tertiary/aromatic N) is 7. The van der Waals surface area contributed by atoms with Gasteiger partial charge in [-0.05, 0) is 98.5 Å². The molecule has 0 spiro atoms. The molecule has 0 bridgehead atoms. The summed E-state index contributed by atoms with van der Waals surface area (Å²) in [5.41, 5.74) is 47.8. The number of urea groups is 2. The number of nitrogens with one attached hydrogen (secondary N) is 5. The van der Waals surface area contributed by atoms with Gasteiger partial charge in [0.2, 0.25) is 17.9 Å². The fourth-order valence-corrected chi connectivity index (χ4v) is 4.61. The van der Waals surface area contributed by atoms with Gasteiger partial charge >= 0.3 is 12.1 Å². The smallest absolute Gasteiger partial charge is 0.323 e. The minimum absolute atomic E-state index is 0.117. The van der Waals surface area contributed by atoms with E-state index in [1.54, 1.807) is 99.6 Å². The lowest BCUT2D eigenvalue weighted by Gasteiger charge is -2.10. The fourth-order valence-electron chi connectivity index (χ4n) is 4.61. The summed E-state index contributed by atoms with van der Waals surface area (Å²) in [4.78, 5) is 24.6. The van der Waals surface area contributed by atoms with E-state index in [-0.39, 0.29) is 29.7 Å². The van der Waals surface area contributed by atoms with E-state index in [1.165, 1.54) is 0 Å². The summed E-state index contributed by atoms with van der Waals surface area (Å²) in [5.74, 6) is -0.125. The zero-order valence-electron chi connectivity index (χ0n) is 33.4. The number of anilines is 4. The molecule has 0 aliphatic rings. The third-order valence-corrected chi connectivity index (χ3v) is 7.51. The summed E-state index contributed by atoms with van der Waals surface area (Å²) in [7, 11) is 0. The predicted octanol–water partition coefficient (Wildman–Crippen LogP) is 3.40. The highest BCUT2D eigenvalue weighted by atomic mass is 16.2. The Kier molecular flexibility index (Phi) is 17.3. The van der Waals surface area contributed by atoms with Crippen LogP contribution in [0, 0.1) is 0 Å². The molecular weight excluding hydrogens is 767 g/mol. The standard InChI is InChI=1S/C20H25N9O.C19H24N10O/c1-12(26-28-14(3)21)15-6-4-8-17(10-15)24-20(30)25-18-9-5-7-16(11-18)13(2)27-29-19(22)23;1-11(26-28-17(20)21)13-3-7-15(8-4-13)24-19(30)25-16-9-5-14(6-10-16)12(2)27-29-18(22)23/h4-11,28H,3,21H2,1-2H3,(H4,22,23,29)(H2,24,25,30);3-10H,1-2H3,(H4,20,21,28)(H4,22,23,29)(H2,24,25,30)/b26-12+,27-13+;26-11+,27-12+. The second-order valence-corrected chi connectivity index (χ2v) is 12.4. The van der Waals surface area contributed by atoms with E-state index in [0.717, 1.165) is 22.3 Å². The van der Waals surface area contributed by atoms with Crippen LogP contribution in [0.2, 0.25) is 0 Å². The first kappa shape index (κ1) is 45.6. The summed E-state index contributed by atoms with van der Waals surface area (Å²) in [6.45, 7) is 10.6. The van der Waals surface area contributed by atoms with Gasteiger partial charge in [0.1, 0.15) is 5.82 Å². The topological polar surface area (TPSA) is 363 Å². The van der Waals surface area contributed by atoms with Crippen LogP contribution in [-0.2, 0) is 0 Å². The van der Waals surface area contributed by atoms with E-state index in [0.29, 0.717) is 45.6 Å². The van der Waals surface area contributed by atoms with Gasteiger partial charge in [0.25, 0.3) is 0 Å². The molecule has 0 aromatic heterocycles. The maximum Gasteiger partial charge on any atom is 0.323 e. The molecule has 0 saturated carbocycles. The van der Waals surface area contributed by atoms with Crippen molar-refractivity contribution >= 4 is 75.5 Å². The Balaban J connectivity index is 0.000000320. The lowest BCUT2D eigenvalue weighted by molar-refractivity contribution is 0.261. The second-order valence-electron chi connectivity index (χ2n) is 12.4. The van der Waals surface area contributed by atoms with Gasteiger partial charge in [-0.2, -0.15) is 20.4 Å². The molecule has 4 aromatic rings. The van der Waals surface area contributed by atoms with Gasteiger partial charge in [-0.25, -0.2) is 9.59 Å². The molecule has 4 aromatic carbocycles. The van der Waals surface area contributed by atoms with Crippen molar-refractivity contribution in [1.82, 2.24) is 5.43 Å². The van der Waals surface area contributed by atoms with Crippen molar-refractivity contribution in [3.8, 4) is 0 Å². The number of hydrogen-bond acceptors (Lipinski definition) is 11. The molecule has 0 radical (unpaired) electrons. The number of rotatable bonds is 13. The third kappa shape index (κ3) is 16.5. The van der Waals surface area contributed by atoms with E-state index in [4.69, 9.17) is 40.1 Å². The molecule has 21 nitrogen and oxygen atoms in total. The summed E-state index contributed by atoms with van der Waals surface area (Å²) in [6.07, 6.45) is 0. The second kappa shape index (κ2) is 22.7. The van der Waals surface area contributed by atoms with E-state index in [9.17, 15) is 9.59 Å². The Morgan fingerprint density at radius 1 is 0.433 bits per heavy atom. The zero-order chi connectivity index (χ0) is 44.2. The first-order valence-corrected chi connectivity index (χ1v) is 17.7. The zero-order valence-corrected chi connectivity index (χ0v) is 33.4. The van der Waals surface area contributed by atoms with Crippen LogP contribution in [0.5, 0.6) is 0 Å². The molecule has 21 heteroatoms. The normalized spacial score (nSPS) is 11.4. The molecule has 60 heavy (non-hydrogen) atoms. The number of hydrogen-bond donors (Lipinski definition) is 12. The van der Waals surface area contributed by atoms with E-state index in [1.807, 2.05) is 25.1 Å². The Hall–Kier alpha value is -8.75. The minimum Gasteiger partial charge on any atom is -0.385 e. The van der Waals surface area contributed by atoms with E-state index >= 15 is 0 Å². The van der Waals surface area contributed by atoms with Crippen LogP contribution in [0.25, 0.3) is 0 Å². The van der Waals surface area contributed by atoms with E-state index in [2.05, 4.69) is 69.0 Å². The largest absolute Gasteiger partial charge is 0.385 e. The first-order valence-electron chi connectivity index (χ1n) is 17.7. The van der Waals surface area contributed by atoms with Gasteiger partial charge in [-0.1, -0.05) is 55.1 Å². The lowest BCUT2D eigenvalue weighted by atomic mass is 10.1. The number of carbonyl (C=O) groups excluding carboxylic acids is 2. The molecule has 0 saturated heterocycles. The Labute approximate surface area is 346 Å². The van der Waals surface area contributed by atoms with Crippen LogP contribution in [-0.4, -0.2) is 52.8 Å². The number of nitrogens with two attached hydrogens (primary N) is 7. The fraction of sp³-hybridized carbons (Fsp3) is 0.103. The van der Waals surface area contributed by atoms with Gasteiger partial charge < -0.3 is 61.4 Å². The van der Waals surface area contributed by atoms with Crippen LogP contribution in [0.1, 0.15) is 49.9 Å². The molecule has 19 N–H and O–H groups in total. The first-order chi connectivity index (χ1) is 28.5. The molecule has 312 valence electrons. The lowest BCUT2D eigenvalue weighted by Crippen LogP contribution is -2.22. The number of amides is 4. The molecule has 4 rings (SSSR count). The monoisotopic (exact) mass is 815 g/mol. The highest BCUT2D eigenvalue weighted by Gasteiger charge is 2.08. The van der Waals surface area contributed by atoms with Gasteiger partial charge in [0, 0.05) is 22.7 Å². The van der Waals surface area contributed by atoms with Crippen molar-refractivity contribution in [2.24, 2.45) is 75.8 Å². The summed E-state index contributed by atoms with van der Waals surface area (Å²) >= 11 is 0. The van der Waals surface area contributed by atoms with Crippen LogP contribution < -0.4 is 66.8 Å². The molecule has 4 amide bonds. The van der Waals surface area contributed by atoms with Crippen LogP contribution in [0.15, 0.2) is 145 Å². The summed E-state index contributed by atoms with van der Waals surface area (Å²) < 4.78 is 0. The SMILES string of the molecule is C/C(=N\N=C(N)N)c1ccc(NC(=O)Nc2ccc(/C(C)=N/N=C(N)N)cc2)cc1.C=C(N)N/N=C(\C)c1cccc(NC(=O)Nc2cccc(/C(C)=N/N=C(N)N)c2)c1. The maximum absolute atomic E-state index is 12.4. The van der Waals surface area contributed by atoms with Gasteiger partial charge in [-0.15, -0.1) is 15.3 Å². The molecule has 0 aliphatic carbocycles. The highest BCUT2D eigenvalue weighted by molar-refractivity contribution is 6.05. The van der Waals surface area contributed by atoms with Crippen LogP contribution in [0.3, 0.4) is 0 Å².